The van der Waals surface area contributed by atoms with Crippen LogP contribution in [0.5, 0.6) is 0 Å². The molecule has 0 radical (unpaired) electrons. The number of piperidine rings is 1. The van der Waals surface area contributed by atoms with Gasteiger partial charge in [0.25, 0.3) is 5.91 Å². The number of hydrogen-bond acceptors (Lipinski definition) is 4. The van der Waals surface area contributed by atoms with Gasteiger partial charge in [0.15, 0.2) is 5.76 Å². The maximum absolute atomic E-state index is 12.6. The molecule has 1 saturated heterocycles. The van der Waals surface area contributed by atoms with E-state index in [0.717, 1.165) is 30.8 Å². The first-order chi connectivity index (χ1) is 12.9. The molecule has 0 aliphatic carbocycles. The van der Waals surface area contributed by atoms with Gasteiger partial charge < -0.3 is 14.6 Å². The quantitative estimate of drug-likeness (QED) is 0.844. The molecular formula is C20H28N4O3. The maximum Gasteiger partial charge on any atom is 0.289 e. The largest absolute Gasteiger partial charge is 0.459 e. The van der Waals surface area contributed by atoms with E-state index < -0.39 is 0 Å². The lowest BCUT2D eigenvalue weighted by atomic mass is 9.96. The molecule has 1 aliphatic rings. The van der Waals surface area contributed by atoms with Crippen LogP contribution in [-0.2, 0) is 11.3 Å². The van der Waals surface area contributed by atoms with Crippen molar-refractivity contribution in [3.05, 3.63) is 41.6 Å². The zero-order valence-electron chi connectivity index (χ0n) is 16.3. The average molecular weight is 372 g/mol. The number of carbonyl (C=O) groups excluding carboxylic acids is 2. The van der Waals surface area contributed by atoms with E-state index in [1.165, 1.54) is 6.26 Å². The highest BCUT2D eigenvalue weighted by Gasteiger charge is 2.29. The van der Waals surface area contributed by atoms with Crippen molar-refractivity contribution >= 4 is 11.8 Å². The van der Waals surface area contributed by atoms with Crippen molar-refractivity contribution in [3.8, 4) is 0 Å². The highest BCUT2D eigenvalue weighted by Crippen LogP contribution is 2.19. The molecule has 3 rings (SSSR count). The number of nitrogens with one attached hydrogen (secondary N) is 1. The molecule has 2 atom stereocenters. The summed E-state index contributed by atoms with van der Waals surface area (Å²) < 4.78 is 7.17. The van der Waals surface area contributed by atoms with Gasteiger partial charge in [-0.1, -0.05) is 6.92 Å². The van der Waals surface area contributed by atoms with Gasteiger partial charge in [-0.05, 0) is 50.8 Å². The van der Waals surface area contributed by atoms with E-state index in [1.807, 2.05) is 18.5 Å². The Hall–Kier alpha value is -2.57. The van der Waals surface area contributed by atoms with Crippen LogP contribution in [0.25, 0.3) is 0 Å². The summed E-state index contributed by atoms with van der Waals surface area (Å²) in [7, 11) is 0. The highest BCUT2D eigenvalue weighted by atomic mass is 16.3. The lowest BCUT2D eigenvalue weighted by Crippen LogP contribution is -2.46. The van der Waals surface area contributed by atoms with E-state index in [2.05, 4.69) is 23.4 Å². The van der Waals surface area contributed by atoms with Crippen molar-refractivity contribution in [2.45, 2.75) is 40.2 Å². The summed E-state index contributed by atoms with van der Waals surface area (Å²) in [6, 6.07) is 5.41. The minimum Gasteiger partial charge on any atom is -0.459 e. The Morgan fingerprint density at radius 3 is 2.89 bits per heavy atom. The summed E-state index contributed by atoms with van der Waals surface area (Å²) in [5.41, 5.74) is 2.14. The number of hydrogen-bond donors (Lipinski definition) is 1. The first-order valence-corrected chi connectivity index (χ1v) is 9.55. The number of likely N-dealkylation sites (tertiary alicyclic amines) is 1. The van der Waals surface area contributed by atoms with Crippen LogP contribution in [0.1, 0.15) is 41.7 Å². The first kappa shape index (κ1) is 19.2. The molecule has 1 N–H and O–H groups in total. The van der Waals surface area contributed by atoms with E-state index in [9.17, 15) is 9.59 Å². The predicted octanol–water partition coefficient (Wildman–Crippen LogP) is 2.40. The molecule has 0 spiro atoms. The zero-order chi connectivity index (χ0) is 19.4. The van der Waals surface area contributed by atoms with Gasteiger partial charge in [-0.15, -0.1) is 0 Å². The number of amides is 2. The molecule has 2 aromatic rings. The summed E-state index contributed by atoms with van der Waals surface area (Å²) in [5, 5.41) is 7.52. The van der Waals surface area contributed by atoms with Crippen LogP contribution >= 0.6 is 0 Å². The van der Waals surface area contributed by atoms with Crippen LogP contribution in [0.4, 0.5) is 0 Å². The van der Waals surface area contributed by atoms with Crippen molar-refractivity contribution in [1.29, 1.82) is 0 Å². The van der Waals surface area contributed by atoms with Crippen molar-refractivity contribution in [2.24, 2.45) is 11.8 Å². The topological polar surface area (TPSA) is 80.4 Å². The Bertz CT molecular complexity index is 781. The standard InChI is InChI=1S/C20H28N4O3/c1-14(12-24-16(3)10-15(2)22-24)11-21-19(25)17-6-4-8-23(13-17)20(26)18-7-5-9-27-18/h5,7,9-10,14,17H,4,6,8,11-13H2,1-3H3,(H,21,25)/t14-,17+/m1/s1. The predicted molar refractivity (Wildman–Crippen MR) is 101 cm³/mol. The summed E-state index contributed by atoms with van der Waals surface area (Å²) >= 11 is 0. The zero-order valence-corrected chi connectivity index (χ0v) is 16.3. The Kier molecular flexibility index (Phi) is 5.98. The second-order valence-corrected chi connectivity index (χ2v) is 7.53. The smallest absolute Gasteiger partial charge is 0.289 e. The van der Waals surface area contributed by atoms with Crippen LogP contribution in [0.3, 0.4) is 0 Å². The summed E-state index contributed by atoms with van der Waals surface area (Å²) in [6.07, 6.45) is 3.12. The first-order valence-electron chi connectivity index (χ1n) is 9.55. The lowest BCUT2D eigenvalue weighted by Gasteiger charge is -2.31. The molecule has 7 nitrogen and oxygen atoms in total. The van der Waals surface area contributed by atoms with E-state index in [0.29, 0.717) is 25.4 Å². The molecule has 2 aromatic heterocycles. The Morgan fingerprint density at radius 2 is 2.22 bits per heavy atom. The van der Waals surface area contributed by atoms with Gasteiger partial charge in [-0.2, -0.15) is 5.10 Å². The molecule has 1 fully saturated rings. The SMILES string of the molecule is Cc1cc(C)n(C[C@H](C)CNC(=O)[C@H]2CCCN(C(=O)c3ccco3)C2)n1. The summed E-state index contributed by atoms with van der Waals surface area (Å²) in [6.45, 7) is 8.60. The van der Waals surface area contributed by atoms with Crippen molar-refractivity contribution in [3.63, 3.8) is 0 Å². The molecule has 7 heteroatoms. The normalized spacial score (nSPS) is 18.3. The molecule has 146 valence electrons. The lowest BCUT2D eigenvalue weighted by molar-refractivity contribution is -0.126. The molecule has 0 aromatic carbocycles. The van der Waals surface area contributed by atoms with E-state index in [4.69, 9.17) is 4.42 Å². The molecule has 0 unspecified atom stereocenters. The van der Waals surface area contributed by atoms with Crippen LogP contribution in [0.2, 0.25) is 0 Å². The Labute approximate surface area is 159 Å². The average Bonchev–Trinajstić information content (AvgIpc) is 3.29. The maximum atomic E-state index is 12.6. The molecule has 3 heterocycles. The van der Waals surface area contributed by atoms with Gasteiger partial charge in [0.2, 0.25) is 5.91 Å². The Morgan fingerprint density at radius 1 is 1.41 bits per heavy atom. The third kappa shape index (κ3) is 4.78. The van der Waals surface area contributed by atoms with Gasteiger partial charge in [0.05, 0.1) is 17.9 Å². The minimum absolute atomic E-state index is 0.0205. The summed E-state index contributed by atoms with van der Waals surface area (Å²) in [4.78, 5) is 26.7. The number of aromatic nitrogens is 2. The van der Waals surface area contributed by atoms with Crippen LogP contribution in [-0.4, -0.2) is 46.1 Å². The Balaban J connectivity index is 1.48. The van der Waals surface area contributed by atoms with Gasteiger partial charge >= 0.3 is 0 Å². The van der Waals surface area contributed by atoms with Crippen LogP contribution < -0.4 is 5.32 Å². The third-order valence-electron chi connectivity index (χ3n) is 5.02. The third-order valence-corrected chi connectivity index (χ3v) is 5.02. The van der Waals surface area contributed by atoms with Crippen molar-refractivity contribution in [2.75, 3.05) is 19.6 Å². The monoisotopic (exact) mass is 372 g/mol. The fraction of sp³-hybridized carbons (Fsp3) is 0.550. The highest BCUT2D eigenvalue weighted by molar-refractivity contribution is 5.92. The second kappa shape index (κ2) is 8.41. The molecule has 2 amide bonds. The fourth-order valence-corrected chi connectivity index (χ4v) is 3.57. The van der Waals surface area contributed by atoms with Gasteiger partial charge in [-0.25, -0.2) is 0 Å². The van der Waals surface area contributed by atoms with E-state index in [1.54, 1.807) is 17.0 Å². The van der Waals surface area contributed by atoms with Crippen molar-refractivity contribution in [1.82, 2.24) is 20.0 Å². The number of rotatable bonds is 6. The van der Waals surface area contributed by atoms with Crippen molar-refractivity contribution < 1.29 is 14.0 Å². The minimum atomic E-state index is -0.168. The molecule has 27 heavy (non-hydrogen) atoms. The molecule has 0 bridgehead atoms. The molecule has 0 saturated carbocycles. The van der Waals surface area contributed by atoms with Gasteiger partial charge in [0, 0.05) is 31.9 Å². The fourth-order valence-electron chi connectivity index (χ4n) is 3.57. The van der Waals surface area contributed by atoms with Gasteiger partial charge in [-0.3, -0.25) is 14.3 Å². The number of nitrogens with zero attached hydrogens (tertiary/aromatic N) is 3. The van der Waals surface area contributed by atoms with Crippen LogP contribution in [0, 0.1) is 25.7 Å². The number of carbonyl (C=O) groups is 2. The van der Waals surface area contributed by atoms with E-state index >= 15 is 0 Å². The van der Waals surface area contributed by atoms with E-state index in [-0.39, 0.29) is 23.7 Å². The number of furan rings is 1. The second-order valence-electron chi connectivity index (χ2n) is 7.53. The van der Waals surface area contributed by atoms with Crippen LogP contribution in [0.15, 0.2) is 28.9 Å². The molecular weight excluding hydrogens is 344 g/mol. The number of aryl methyl sites for hydroxylation is 2. The van der Waals surface area contributed by atoms with Gasteiger partial charge in [0.1, 0.15) is 0 Å². The molecule has 1 aliphatic heterocycles. The summed E-state index contributed by atoms with van der Waals surface area (Å²) in [5.74, 6) is 0.312.